The van der Waals surface area contributed by atoms with Crippen LogP contribution >= 0.6 is 0 Å². The fourth-order valence-corrected chi connectivity index (χ4v) is 3.71. The highest BCUT2D eigenvalue weighted by Crippen LogP contribution is 2.22. The van der Waals surface area contributed by atoms with Gasteiger partial charge in [0.05, 0.1) is 12.5 Å². The predicted octanol–water partition coefficient (Wildman–Crippen LogP) is 2.52. The van der Waals surface area contributed by atoms with E-state index in [9.17, 15) is 4.79 Å². The molecule has 1 N–H and O–H groups in total. The number of rotatable bonds is 4. The topological polar surface area (TPSA) is 70.6 Å². The van der Waals surface area contributed by atoms with Gasteiger partial charge >= 0.3 is 0 Å². The van der Waals surface area contributed by atoms with Gasteiger partial charge in [0.2, 0.25) is 5.91 Å². The lowest BCUT2D eigenvalue weighted by molar-refractivity contribution is -0.135. The number of hydrogen-bond acceptors (Lipinski definition) is 6. The van der Waals surface area contributed by atoms with Gasteiger partial charge in [-0.3, -0.25) is 4.79 Å². The van der Waals surface area contributed by atoms with E-state index in [-0.39, 0.29) is 11.8 Å². The minimum absolute atomic E-state index is 0.0400. The molecule has 0 bridgehead atoms. The summed E-state index contributed by atoms with van der Waals surface area (Å²) in [4.78, 5) is 25.9. The summed E-state index contributed by atoms with van der Waals surface area (Å²) in [6.45, 7) is 8.24. The number of nitrogens with one attached hydrogen (secondary N) is 1. The van der Waals surface area contributed by atoms with Gasteiger partial charge in [-0.15, -0.1) is 0 Å². The Hall–Kier alpha value is -2.67. The maximum Gasteiger partial charge on any atom is 0.228 e. The Morgan fingerprint density at radius 3 is 2.54 bits per heavy atom. The summed E-state index contributed by atoms with van der Waals surface area (Å²) in [7, 11) is 0. The Bertz CT molecular complexity index is 825. The van der Waals surface area contributed by atoms with Crippen molar-refractivity contribution in [3.63, 3.8) is 0 Å². The number of ether oxygens (including phenoxy) is 1. The molecule has 0 spiro atoms. The zero-order chi connectivity index (χ0) is 19.5. The van der Waals surface area contributed by atoms with Crippen molar-refractivity contribution in [2.45, 2.75) is 20.3 Å². The fourth-order valence-electron chi connectivity index (χ4n) is 3.71. The van der Waals surface area contributed by atoms with Crippen LogP contribution in [0.15, 0.2) is 30.3 Å². The third-order valence-corrected chi connectivity index (χ3v) is 5.34. The molecule has 1 unspecified atom stereocenters. The van der Waals surface area contributed by atoms with E-state index in [0.29, 0.717) is 13.2 Å². The quantitative estimate of drug-likeness (QED) is 0.878. The SMILES string of the molecule is Cc1ccc(Nc2cc(N3CCN(C(=O)C4CCOC4)CC3)nc(C)n2)cc1. The molecule has 3 heterocycles. The molecule has 0 radical (unpaired) electrons. The number of piperazine rings is 1. The molecule has 4 rings (SSSR count). The largest absolute Gasteiger partial charge is 0.381 e. The average Bonchev–Trinajstić information content (AvgIpc) is 3.24. The van der Waals surface area contributed by atoms with Crippen molar-refractivity contribution in [1.29, 1.82) is 0 Å². The molecule has 0 saturated carbocycles. The summed E-state index contributed by atoms with van der Waals surface area (Å²) < 4.78 is 5.36. The van der Waals surface area contributed by atoms with E-state index in [1.54, 1.807) is 0 Å². The van der Waals surface area contributed by atoms with Crippen molar-refractivity contribution < 1.29 is 9.53 Å². The maximum atomic E-state index is 12.6. The van der Waals surface area contributed by atoms with Gasteiger partial charge in [-0.1, -0.05) is 17.7 Å². The molecule has 1 aromatic heterocycles. The Labute approximate surface area is 165 Å². The molecular formula is C21H27N5O2. The van der Waals surface area contributed by atoms with Crippen LogP contribution in [-0.2, 0) is 9.53 Å². The van der Waals surface area contributed by atoms with Gasteiger partial charge in [0, 0.05) is 44.5 Å². The molecule has 7 nitrogen and oxygen atoms in total. The van der Waals surface area contributed by atoms with Gasteiger partial charge in [-0.05, 0) is 32.4 Å². The highest BCUT2D eigenvalue weighted by atomic mass is 16.5. The second-order valence-electron chi connectivity index (χ2n) is 7.52. The zero-order valence-electron chi connectivity index (χ0n) is 16.5. The normalized spacial score (nSPS) is 19.7. The molecule has 1 amide bonds. The highest BCUT2D eigenvalue weighted by molar-refractivity contribution is 5.79. The molecule has 2 fully saturated rings. The molecular weight excluding hydrogens is 354 g/mol. The molecule has 2 aromatic rings. The van der Waals surface area contributed by atoms with Crippen LogP contribution in [0, 0.1) is 19.8 Å². The summed E-state index contributed by atoms with van der Waals surface area (Å²) in [6, 6.07) is 10.2. The number of carbonyl (C=O) groups is 1. The van der Waals surface area contributed by atoms with Gasteiger partial charge in [-0.25, -0.2) is 9.97 Å². The third kappa shape index (κ3) is 4.25. The van der Waals surface area contributed by atoms with Gasteiger partial charge in [0.15, 0.2) is 0 Å². The Morgan fingerprint density at radius 1 is 1.11 bits per heavy atom. The van der Waals surface area contributed by atoms with Crippen LogP contribution in [0.2, 0.25) is 0 Å². The number of anilines is 3. The number of carbonyl (C=O) groups excluding carboxylic acids is 1. The van der Waals surface area contributed by atoms with E-state index in [0.717, 1.165) is 55.7 Å². The second-order valence-corrected chi connectivity index (χ2v) is 7.52. The van der Waals surface area contributed by atoms with Crippen molar-refractivity contribution in [3.05, 3.63) is 41.7 Å². The monoisotopic (exact) mass is 381 g/mol. The van der Waals surface area contributed by atoms with E-state index >= 15 is 0 Å². The minimum Gasteiger partial charge on any atom is -0.381 e. The van der Waals surface area contributed by atoms with Gasteiger partial charge < -0.3 is 19.9 Å². The number of benzene rings is 1. The van der Waals surface area contributed by atoms with Crippen molar-refractivity contribution in [3.8, 4) is 0 Å². The number of aryl methyl sites for hydroxylation is 2. The molecule has 148 valence electrons. The first-order valence-corrected chi connectivity index (χ1v) is 9.89. The van der Waals surface area contributed by atoms with Crippen molar-refractivity contribution in [2.75, 3.05) is 49.6 Å². The van der Waals surface area contributed by atoms with E-state index in [2.05, 4.69) is 39.2 Å². The number of hydrogen-bond donors (Lipinski definition) is 1. The summed E-state index contributed by atoms with van der Waals surface area (Å²) in [6.07, 6.45) is 0.845. The first-order chi connectivity index (χ1) is 13.6. The van der Waals surface area contributed by atoms with Crippen molar-refractivity contribution >= 4 is 23.2 Å². The van der Waals surface area contributed by atoms with Crippen LogP contribution in [0.4, 0.5) is 17.3 Å². The van der Waals surface area contributed by atoms with Crippen LogP contribution in [0.5, 0.6) is 0 Å². The lowest BCUT2D eigenvalue weighted by atomic mass is 10.1. The van der Waals surface area contributed by atoms with Gasteiger partial charge in [-0.2, -0.15) is 0 Å². The van der Waals surface area contributed by atoms with Crippen LogP contribution in [0.3, 0.4) is 0 Å². The second kappa shape index (κ2) is 8.14. The van der Waals surface area contributed by atoms with Gasteiger partial charge in [0.25, 0.3) is 0 Å². The molecule has 7 heteroatoms. The Morgan fingerprint density at radius 2 is 1.86 bits per heavy atom. The number of amides is 1. The molecule has 1 aromatic carbocycles. The molecule has 0 aliphatic carbocycles. The third-order valence-electron chi connectivity index (χ3n) is 5.34. The number of nitrogens with zero attached hydrogens (tertiary/aromatic N) is 4. The van der Waals surface area contributed by atoms with E-state index in [1.165, 1.54) is 5.56 Å². The lowest BCUT2D eigenvalue weighted by Gasteiger charge is -2.36. The molecule has 28 heavy (non-hydrogen) atoms. The van der Waals surface area contributed by atoms with Crippen LogP contribution < -0.4 is 10.2 Å². The summed E-state index contributed by atoms with van der Waals surface area (Å²) in [5.41, 5.74) is 2.23. The number of aromatic nitrogens is 2. The highest BCUT2D eigenvalue weighted by Gasteiger charge is 2.30. The first kappa shape index (κ1) is 18.7. The molecule has 2 saturated heterocycles. The standard InChI is InChI=1S/C21H27N5O2/c1-15-3-5-18(6-4-15)24-19-13-20(23-16(2)22-19)25-8-10-26(11-9-25)21(27)17-7-12-28-14-17/h3-6,13,17H,7-12,14H2,1-2H3,(H,22,23,24). The summed E-state index contributed by atoms with van der Waals surface area (Å²) >= 11 is 0. The maximum absolute atomic E-state index is 12.6. The fraction of sp³-hybridized carbons (Fsp3) is 0.476. The van der Waals surface area contributed by atoms with E-state index in [4.69, 9.17) is 4.74 Å². The molecule has 1 atom stereocenters. The van der Waals surface area contributed by atoms with Crippen LogP contribution in [0.1, 0.15) is 17.8 Å². The average molecular weight is 381 g/mol. The van der Waals surface area contributed by atoms with Crippen LogP contribution in [0.25, 0.3) is 0 Å². The van der Waals surface area contributed by atoms with Gasteiger partial charge in [0.1, 0.15) is 17.5 Å². The minimum atomic E-state index is 0.0400. The summed E-state index contributed by atoms with van der Waals surface area (Å²) in [5, 5.41) is 3.36. The van der Waals surface area contributed by atoms with E-state index < -0.39 is 0 Å². The first-order valence-electron chi connectivity index (χ1n) is 9.89. The van der Waals surface area contributed by atoms with Crippen molar-refractivity contribution in [2.24, 2.45) is 5.92 Å². The summed E-state index contributed by atoms with van der Waals surface area (Å²) in [5.74, 6) is 2.69. The molecule has 2 aliphatic rings. The Balaban J connectivity index is 1.41. The lowest BCUT2D eigenvalue weighted by Crippen LogP contribution is -2.50. The van der Waals surface area contributed by atoms with Crippen molar-refractivity contribution in [1.82, 2.24) is 14.9 Å². The smallest absolute Gasteiger partial charge is 0.228 e. The Kier molecular flexibility index (Phi) is 5.43. The zero-order valence-corrected chi connectivity index (χ0v) is 16.5. The molecule has 2 aliphatic heterocycles. The van der Waals surface area contributed by atoms with Crippen LogP contribution in [-0.4, -0.2) is 60.2 Å². The predicted molar refractivity (Wildman–Crippen MR) is 109 cm³/mol. The van der Waals surface area contributed by atoms with E-state index in [1.807, 2.05) is 30.0 Å².